The van der Waals surface area contributed by atoms with Crippen LogP contribution >= 0.6 is 0 Å². The lowest BCUT2D eigenvalue weighted by Gasteiger charge is -2.20. The first kappa shape index (κ1) is 15.3. The van der Waals surface area contributed by atoms with Crippen molar-refractivity contribution in [1.29, 1.82) is 0 Å². The van der Waals surface area contributed by atoms with Crippen LogP contribution in [0.4, 0.5) is 0 Å². The van der Waals surface area contributed by atoms with Crippen molar-refractivity contribution in [3.63, 3.8) is 0 Å². The molecule has 0 aliphatic rings. The van der Waals surface area contributed by atoms with E-state index in [4.69, 9.17) is 4.74 Å². The molecular formula is C15H28O. The summed E-state index contributed by atoms with van der Waals surface area (Å²) in [4.78, 5) is 0. The van der Waals surface area contributed by atoms with E-state index in [9.17, 15) is 0 Å². The molecule has 0 saturated heterocycles. The summed E-state index contributed by atoms with van der Waals surface area (Å²) in [6.07, 6.45) is 5.54. The standard InChI is InChI=1S/C15H28O/c1-8-9-13(12(2)3)10-14(16-7)11-15(4,5)6/h10H,8-9,11H2,1-7H3. The van der Waals surface area contributed by atoms with Gasteiger partial charge in [-0.05, 0) is 37.3 Å². The zero-order valence-corrected chi connectivity index (χ0v) is 12.1. The van der Waals surface area contributed by atoms with Gasteiger partial charge in [-0.2, -0.15) is 0 Å². The Morgan fingerprint density at radius 2 is 1.75 bits per heavy atom. The maximum Gasteiger partial charge on any atom is 0.0963 e. The van der Waals surface area contributed by atoms with Gasteiger partial charge in [0.05, 0.1) is 12.9 Å². The van der Waals surface area contributed by atoms with Crippen LogP contribution in [0.1, 0.15) is 60.8 Å². The summed E-state index contributed by atoms with van der Waals surface area (Å²) in [6.45, 7) is 13.3. The lowest BCUT2D eigenvalue weighted by Crippen LogP contribution is -2.07. The predicted molar refractivity (Wildman–Crippen MR) is 72.4 cm³/mol. The van der Waals surface area contributed by atoms with Crippen LogP contribution in [0, 0.1) is 5.41 Å². The maximum atomic E-state index is 5.48. The van der Waals surface area contributed by atoms with E-state index in [2.05, 4.69) is 47.6 Å². The quantitative estimate of drug-likeness (QED) is 0.467. The molecule has 0 bridgehead atoms. The molecule has 0 saturated carbocycles. The van der Waals surface area contributed by atoms with Gasteiger partial charge >= 0.3 is 0 Å². The molecule has 16 heavy (non-hydrogen) atoms. The van der Waals surface area contributed by atoms with Crippen molar-refractivity contribution < 1.29 is 4.74 Å². The first-order valence-electron chi connectivity index (χ1n) is 6.21. The van der Waals surface area contributed by atoms with Gasteiger partial charge in [0.15, 0.2) is 0 Å². The summed E-state index contributed by atoms with van der Waals surface area (Å²) < 4.78 is 5.48. The number of ether oxygens (including phenoxy) is 1. The molecule has 0 fully saturated rings. The lowest BCUT2D eigenvalue weighted by atomic mass is 9.90. The fourth-order valence-electron chi connectivity index (χ4n) is 1.63. The summed E-state index contributed by atoms with van der Waals surface area (Å²) in [5.41, 5.74) is 3.09. The number of methoxy groups -OCH3 is 1. The van der Waals surface area contributed by atoms with Crippen molar-refractivity contribution in [2.24, 2.45) is 5.41 Å². The maximum absolute atomic E-state index is 5.48. The minimum Gasteiger partial charge on any atom is -0.501 e. The fourth-order valence-corrected chi connectivity index (χ4v) is 1.63. The number of allylic oxidation sites excluding steroid dienone is 4. The molecule has 0 radical (unpaired) electrons. The smallest absolute Gasteiger partial charge is 0.0963 e. The highest BCUT2D eigenvalue weighted by Gasteiger charge is 2.14. The molecule has 0 unspecified atom stereocenters. The normalized spacial score (nSPS) is 12.6. The number of rotatable bonds is 5. The molecule has 0 aromatic rings. The van der Waals surface area contributed by atoms with Crippen molar-refractivity contribution in [1.82, 2.24) is 0 Å². The molecule has 0 aromatic carbocycles. The second-order valence-electron chi connectivity index (χ2n) is 5.83. The minimum atomic E-state index is 0.279. The third kappa shape index (κ3) is 6.71. The van der Waals surface area contributed by atoms with Crippen molar-refractivity contribution in [3.05, 3.63) is 23.0 Å². The molecule has 0 rings (SSSR count). The van der Waals surface area contributed by atoms with Crippen LogP contribution in [0.3, 0.4) is 0 Å². The fraction of sp³-hybridized carbons (Fsp3) is 0.733. The van der Waals surface area contributed by atoms with Crippen molar-refractivity contribution >= 4 is 0 Å². The summed E-state index contributed by atoms with van der Waals surface area (Å²) in [5, 5.41) is 0. The van der Waals surface area contributed by atoms with E-state index < -0.39 is 0 Å². The monoisotopic (exact) mass is 224 g/mol. The Morgan fingerprint density at radius 1 is 1.19 bits per heavy atom. The predicted octanol–water partition coefficient (Wildman–Crippen LogP) is 5.09. The molecule has 0 spiro atoms. The van der Waals surface area contributed by atoms with Gasteiger partial charge in [-0.15, -0.1) is 0 Å². The van der Waals surface area contributed by atoms with Gasteiger partial charge in [0, 0.05) is 6.42 Å². The van der Waals surface area contributed by atoms with Gasteiger partial charge in [0.25, 0.3) is 0 Å². The molecule has 0 heterocycles. The van der Waals surface area contributed by atoms with E-state index in [1.165, 1.54) is 17.6 Å². The van der Waals surface area contributed by atoms with Gasteiger partial charge < -0.3 is 4.74 Å². The van der Waals surface area contributed by atoms with Crippen molar-refractivity contribution in [2.45, 2.75) is 60.8 Å². The average molecular weight is 224 g/mol. The number of hydrogen-bond donors (Lipinski definition) is 0. The van der Waals surface area contributed by atoms with Crippen molar-refractivity contribution in [2.75, 3.05) is 7.11 Å². The van der Waals surface area contributed by atoms with Crippen LogP contribution in [0.2, 0.25) is 0 Å². The average Bonchev–Trinajstić information content (AvgIpc) is 2.13. The van der Waals surface area contributed by atoms with E-state index in [0.717, 1.165) is 18.6 Å². The molecule has 1 nitrogen and oxygen atoms in total. The SMILES string of the molecule is CCCC(C=C(CC(C)(C)C)OC)=C(C)C. The van der Waals surface area contributed by atoms with E-state index in [1.54, 1.807) is 7.11 Å². The van der Waals surface area contributed by atoms with Crippen LogP contribution < -0.4 is 0 Å². The summed E-state index contributed by atoms with van der Waals surface area (Å²) >= 11 is 0. The first-order valence-corrected chi connectivity index (χ1v) is 6.21. The molecule has 0 aliphatic carbocycles. The van der Waals surface area contributed by atoms with Crippen LogP contribution in [0.25, 0.3) is 0 Å². The van der Waals surface area contributed by atoms with Crippen LogP contribution in [0.15, 0.2) is 23.0 Å². The van der Waals surface area contributed by atoms with E-state index in [-0.39, 0.29) is 5.41 Å². The highest BCUT2D eigenvalue weighted by atomic mass is 16.5. The number of hydrogen-bond acceptors (Lipinski definition) is 1. The van der Waals surface area contributed by atoms with Gasteiger partial charge in [-0.25, -0.2) is 0 Å². The second-order valence-corrected chi connectivity index (χ2v) is 5.83. The Kier molecular flexibility index (Phi) is 6.47. The Balaban J connectivity index is 4.85. The highest BCUT2D eigenvalue weighted by molar-refractivity contribution is 5.25. The molecule has 0 atom stereocenters. The van der Waals surface area contributed by atoms with Crippen LogP contribution in [-0.2, 0) is 4.74 Å². The van der Waals surface area contributed by atoms with Crippen LogP contribution in [0.5, 0.6) is 0 Å². The largest absolute Gasteiger partial charge is 0.501 e. The third-order valence-corrected chi connectivity index (χ3v) is 2.46. The van der Waals surface area contributed by atoms with Gasteiger partial charge in [-0.3, -0.25) is 0 Å². The second kappa shape index (κ2) is 6.78. The minimum absolute atomic E-state index is 0.279. The lowest BCUT2D eigenvalue weighted by molar-refractivity contribution is 0.237. The molecule has 94 valence electrons. The van der Waals surface area contributed by atoms with Gasteiger partial charge in [0.1, 0.15) is 0 Å². The first-order chi connectivity index (χ1) is 7.30. The topological polar surface area (TPSA) is 9.23 Å². The van der Waals surface area contributed by atoms with Crippen molar-refractivity contribution in [3.8, 4) is 0 Å². The summed E-state index contributed by atoms with van der Waals surface area (Å²) in [7, 11) is 1.77. The van der Waals surface area contributed by atoms with Crippen LogP contribution in [-0.4, -0.2) is 7.11 Å². The summed E-state index contributed by atoms with van der Waals surface area (Å²) in [6, 6.07) is 0. The Hall–Kier alpha value is -0.720. The van der Waals surface area contributed by atoms with E-state index in [1.807, 2.05) is 0 Å². The molecule has 0 amide bonds. The molecule has 1 heteroatoms. The Labute approximate surface area is 102 Å². The zero-order chi connectivity index (χ0) is 12.8. The Morgan fingerprint density at radius 3 is 2.06 bits per heavy atom. The molecule has 0 aromatic heterocycles. The van der Waals surface area contributed by atoms with E-state index >= 15 is 0 Å². The summed E-state index contributed by atoms with van der Waals surface area (Å²) in [5.74, 6) is 1.09. The molecular weight excluding hydrogens is 196 g/mol. The third-order valence-electron chi connectivity index (χ3n) is 2.46. The highest BCUT2D eigenvalue weighted by Crippen LogP contribution is 2.26. The van der Waals surface area contributed by atoms with E-state index in [0.29, 0.717) is 0 Å². The Bertz CT molecular complexity index is 260. The zero-order valence-electron chi connectivity index (χ0n) is 12.1. The molecule has 0 N–H and O–H groups in total. The van der Waals surface area contributed by atoms with Gasteiger partial charge in [0.2, 0.25) is 0 Å². The van der Waals surface area contributed by atoms with Gasteiger partial charge in [-0.1, -0.05) is 39.7 Å². The molecule has 0 aliphatic heterocycles.